The van der Waals surface area contributed by atoms with E-state index in [9.17, 15) is 0 Å². The van der Waals surface area contributed by atoms with Gasteiger partial charge in [-0.2, -0.15) is 0 Å². The zero-order valence-corrected chi connectivity index (χ0v) is 8.58. The third-order valence-electron chi connectivity index (χ3n) is 4.06. The highest BCUT2D eigenvalue weighted by atomic mass is 16.4. The van der Waals surface area contributed by atoms with Gasteiger partial charge in [-0.25, -0.2) is 0 Å². The van der Waals surface area contributed by atoms with Crippen molar-refractivity contribution in [2.45, 2.75) is 46.0 Å². The predicted molar refractivity (Wildman–Crippen MR) is 53.1 cm³/mol. The van der Waals surface area contributed by atoms with Crippen LogP contribution in [0.5, 0.6) is 0 Å². The van der Waals surface area contributed by atoms with E-state index in [1.165, 1.54) is 19.3 Å². The summed E-state index contributed by atoms with van der Waals surface area (Å²) in [5.74, 6) is 1.57. The van der Waals surface area contributed by atoms with Crippen molar-refractivity contribution < 1.29 is 5.21 Å². The van der Waals surface area contributed by atoms with Crippen LogP contribution in [0.2, 0.25) is 0 Å². The molecule has 0 unspecified atom stereocenters. The normalized spacial score (nSPS) is 40.6. The van der Waals surface area contributed by atoms with Gasteiger partial charge in [0.1, 0.15) is 0 Å². The molecular formula is C11H19NO. The van der Waals surface area contributed by atoms with Crippen LogP contribution in [0.3, 0.4) is 0 Å². The van der Waals surface area contributed by atoms with Crippen molar-refractivity contribution in [3.63, 3.8) is 0 Å². The van der Waals surface area contributed by atoms with Crippen LogP contribution in [0.1, 0.15) is 46.0 Å². The molecule has 0 aliphatic heterocycles. The predicted octanol–water partition coefficient (Wildman–Crippen LogP) is 3.05. The van der Waals surface area contributed by atoms with Gasteiger partial charge >= 0.3 is 0 Å². The van der Waals surface area contributed by atoms with Crippen molar-refractivity contribution in [2.24, 2.45) is 22.4 Å². The summed E-state index contributed by atoms with van der Waals surface area (Å²) in [6.07, 6.45) is 6.12. The second-order valence-corrected chi connectivity index (χ2v) is 5.32. The second-order valence-electron chi connectivity index (χ2n) is 5.32. The van der Waals surface area contributed by atoms with Gasteiger partial charge in [-0.05, 0) is 42.9 Å². The second kappa shape index (κ2) is 3.00. The lowest BCUT2D eigenvalue weighted by atomic mass is 9.65. The first-order valence-corrected chi connectivity index (χ1v) is 5.33. The highest BCUT2D eigenvalue weighted by Gasteiger charge is 2.43. The Morgan fingerprint density at radius 3 is 2.77 bits per heavy atom. The van der Waals surface area contributed by atoms with Gasteiger partial charge in [0.25, 0.3) is 0 Å². The Balaban J connectivity index is 2.17. The third-order valence-corrected chi connectivity index (χ3v) is 4.06. The highest BCUT2D eigenvalue weighted by Crippen LogP contribution is 2.50. The molecule has 0 aromatic rings. The van der Waals surface area contributed by atoms with Crippen molar-refractivity contribution in [2.75, 3.05) is 0 Å². The van der Waals surface area contributed by atoms with Crippen molar-refractivity contribution in [1.82, 2.24) is 0 Å². The van der Waals surface area contributed by atoms with Crippen LogP contribution in [-0.2, 0) is 0 Å². The van der Waals surface area contributed by atoms with Crippen LogP contribution in [0, 0.1) is 17.3 Å². The Morgan fingerprint density at radius 1 is 1.38 bits per heavy atom. The molecule has 0 amide bonds. The fourth-order valence-corrected chi connectivity index (χ4v) is 3.25. The quantitative estimate of drug-likeness (QED) is 0.452. The van der Waals surface area contributed by atoms with Crippen molar-refractivity contribution in [3.8, 4) is 0 Å². The number of nitrogens with zero attached hydrogens (tertiary/aromatic N) is 1. The summed E-state index contributed by atoms with van der Waals surface area (Å²) >= 11 is 0. The molecule has 0 aromatic carbocycles. The van der Waals surface area contributed by atoms with Gasteiger partial charge in [0.15, 0.2) is 0 Å². The summed E-state index contributed by atoms with van der Waals surface area (Å²) in [6, 6.07) is 0. The SMILES string of the molecule is CC1(C)CCC[C@@H]2C/C(=N/O)C[C@H]21. The molecule has 2 fully saturated rings. The van der Waals surface area contributed by atoms with Crippen LogP contribution < -0.4 is 0 Å². The van der Waals surface area contributed by atoms with Crippen LogP contribution >= 0.6 is 0 Å². The fraction of sp³-hybridized carbons (Fsp3) is 0.909. The smallest absolute Gasteiger partial charge is 0.0576 e. The maximum absolute atomic E-state index is 8.77. The zero-order chi connectivity index (χ0) is 9.47. The molecule has 0 bridgehead atoms. The van der Waals surface area contributed by atoms with E-state index in [0.717, 1.165) is 30.4 Å². The summed E-state index contributed by atoms with van der Waals surface area (Å²) < 4.78 is 0. The van der Waals surface area contributed by atoms with Gasteiger partial charge in [-0.1, -0.05) is 25.4 Å². The Kier molecular flexibility index (Phi) is 2.09. The van der Waals surface area contributed by atoms with E-state index in [4.69, 9.17) is 5.21 Å². The van der Waals surface area contributed by atoms with E-state index in [2.05, 4.69) is 19.0 Å². The van der Waals surface area contributed by atoms with E-state index < -0.39 is 0 Å². The van der Waals surface area contributed by atoms with E-state index in [1.54, 1.807) is 0 Å². The number of oxime groups is 1. The first-order chi connectivity index (χ1) is 6.13. The Morgan fingerprint density at radius 2 is 2.15 bits per heavy atom. The van der Waals surface area contributed by atoms with Gasteiger partial charge < -0.3 is 5.21 Å². The minimum atomic E-state index is 0.468. The molecular weight excluding hydrogens is 162 g/mol. The molecule has 2 aliphatic carbocycles. The molecule has 0 radical (unpaired) electrons. The summed E-state index contributed by atoms with van der Waals surface area (Å²) in [5, 5.41) is 12.2. The van der Waals surface area contributed by atoms with Crippen LogP contribution in [0.15, 0.2) is 5.16 Å². The number of hydrogen-bond donors (Lipinski definition) is 1. The van der Waals surface area contributed by atoms with Crippen molar-refractivity contribution in [3.05, 3.63) is 0 Å². The monoisotopic (exact) mass is 181 g/mol. The lowest BCUT2D eigenvalue weighted by Gasteiger charge is -2.40. The standard InChI is InChI=1S/C11H19NO/c1-11(2)5-3-4-8-6-9(12-13)7-10(8)11/h8,10,13H,3-7H2,1-2H3/b12-9-/t8-,10-/m1/s1. The van der Waals surface area contributed by atoms with Gasteiger partial charge in [0, 0.05) is 0 Å². The average Bonchev–Trinajstić information content (AvgIpc) is 2.48. The van der Waals surface area contributed by atoms with Crippen LogP contribution in [0.4, 0.5) is 0 Å². The molecule has 2 atom stereocenters. The number of fused-ring (bicyclic) bond motifs is 1. The molecule has 1 N–H and O–H groups in total. The van der Waals surface area contributed by atoms with E-state index in [1.807, 2.05) is 0 Å². The molecule has 2 aliphatic rings. The maximum Gasteiger partial charge on any atom is 0.0576 e. The van der Waals surface area contributed by atoms with Crippen molar-refractivity contribution >= 4 is 5.71 Å². The van der Waals surface area contributed by atoms with Crippen LogP contribution in [-0.4, -0.2) is 10.9 Å². The minimum absolute atomic E-state index is 0.468. The fourth-order valence-electron chi connectivity index (χ4n) is 3.25. The summed E-state index contributed by atoms with van der Waals surface area (Å²) in [4.78, 5) is 0. The minimum Gasteiger partial charge on any atom is -0.411 e. The Labute approximate surface area is 80.0 Å². The first kappa shape index (κ1) is 9.04. The lowest BCUT2D eigenvalue weighted by molar-refractivity contribution is 0.0991. The molecule has 0 aromatic heterocycles. The molecule has 0 saturated heterocycles. The van der Waals surface area contributed by atoms with Gasteiger partial charge in [0.2, 0.25) is 0 Å². The van der Waals surface area contributed by atoms with Gasteiger partial charge in [-0.3, -0.25) is 0 Å². The lowest BCUT2D eigenvalue weighted by Crippen LogP contribution is -2.31. The molecule has 0 spiro atoms. The van der Waals surface area contributed by atoms with Crippen molar-refractivity contribution in [1.29, 1.82) is 0 Å². The maximum atomic E-state index is 8.77. The molecule has 2 saturated carbocycles. The molecule has 0 heterocycles. The summed E-state index contributed by atoms with van der Waals surface area (Å²) in [6.45, 7) is 4.73. The zero-order valence-electron chi connectivity index (χ0n) is 8.58. The third kappa shape index (κ3) is 1.47. The molecule has 74 valence electrons. The Hall–Kier alpha value is -0.530. The summed E-state index contributed by atoms with van der Waals surface area (Å²) in [5.41, 5.74) is 1.50. The molecule has 13 heavy (non-hydrogen) atoms. The highest BCUT2D eigenvalue weighted by molar-refractivity contribution is 5.86. The van der Waals surface area contributed by atoms with E-state index in [-0.39, 0.29) is 0 Å². The number of rotatable bonds is 0. The summed E-state index contributed by atoms with van der Waals surface area (Å²) in [7, 11) is 0. The largest absolute Gasteiger partial charge is 0.411 e. The topological polar surface area (TPSA) is 32.6 Å². The van der Waals surface area contributed by atoms with E-state index in [0.29, 0.717) is 5.41 Å². The van der Waals surface area contributed by atoms with Gasteiger partial charge in [0.05, 0.1) is 5.71 Å². The van der Waals surface area contributed by atoms with Crippen LogP contribution in [0.25, 0.3) is 0 Å². The molecule has 2 heteroatoms. The molecule has 2 rings (SSSR count). The number of hydrogen-bond acceptors (Lipinski definition) is 2. The van der Waals surface area contributed by atoms with E-state index >= 15 is 0 Å². The Bertz CT molecular complexity index is 232. The average molecular weight is 181 g/mol. The molecule has 2 nitrogen and oxygen atoms in total. The first-order valence-electron chi connectivity index (χ1n) is 5.33. The van der Waals surface area contributed by atoms with Gasteiger partial charge in [-0.15, -0.1) is 0 Å².